The van der Waals surface area contributed by atoms with Crippen LogP contribution in [0.4, 0.5) is 0 Å². The Balaban J connectivity index is 1.84. The maximum Gasteiger partial charge on any atom is 0.482 e. The van der Waals surface area contributed by atoms with E-state index in [2.05, 4.69) is 9.97 Å². The van der Waals surface area contributed by atoms with Crippen molar-refractivity contribution in [2.24, 2.45) is 0 Å². The zero-order valence-corrected chi connectivity index (χ0v) is 19.8. The summed E-state index contributed by atoms with van der Waals surface area (Å²) in [5.41, 5.74) is 0. The van der Waals surface area contributed by atoms with Crippen LogP contribution in [0.5, 0.6) is 17.2 Å². The van der Waals surface area contributed by atoms with Gasteiger partial charge in [0.25, 0.3) is 0 Å². The number of imidazole rings is 1. The number of ether oxygens (including phenoxy) is 3. The maximum atomic E-state index is 6.20. The van der Waals surface area contributed by atoms with Crippen LogP contribution in [0.3, 0.4) is 0 Å². The summed E-state index contributed by atoms with van der Waals surface area (Å²) in [6.45, 7) is 0. The molecule has 0 aliphatic heterocycles. The lowest BCUT2D eigenvalue weighted by molar-refractivity contribution is -0.268. The van der Waals surface area contributed by atoms with E-state index < -0.39 is 5.97 Å². The van der Waals surface area contributed by atoms with Gasteiger partial charge in [-0.1, -0.05) is 58.0 Å². The molecule has 4 aromatic rings. The van der Waals surface area contributed by atoms with Crippen LogP contribution in [0.15, 0.2) is 72.8 Å². The molecule has 0 aliphatic rings. The summed E-state index contributed by atoms with van der Waals surface area (Å²) in [5, 5.41) is 1.70. The van der Waals surface area contributed by atoms with Crippen molar-refractivity contribution < 1.29 is 14.2 Å². The maximum absolute atomic E-state index is 6.20. The fourth-order valence-electron chi connectivity index (χ4n) is 2.66. The Morgan fingerprint density at radius 3 is 1.19 bits per heavy atom. The summed E-state index contributed by atoms with van der Waals surface area (Å²) in [7, 11) is 0. The van der Waals surface area contributed by atoms with Crippen LogP contribution < -0.4 is 14.2 Å². The van der Waals surface area contributed by atoms with Gasteiger partial charge in [-0.15, -0.1) is 0 Å². The molecule has 0 bridgehead atoms. The SMILES string of the molecule is Clc1ccc(OC(Oc2ccc(Cl)cc2)(Oc2ccc(Cl)cc2)c2nc(Cl)c(Cl)[nH]2)cc1. The van der Waals surface area contributed by atoms with Crippen molar-refractivity contribution in [2.75, 3.05) is 0 Å². The van der Waals surface area contributed by atoms with E-state index >= 15 is 0 Å². The number of benzene rings is 3. The number of rotatable bonds is 7. The minimum absolute atomic E-state index is 0.0187. The Labute approximate surface area is 208 Å². The topological polar surface area (TPSA) is 56.4 Å². The zero-order chi connectivity index (χ0) is 22.7. The second-order valence-electron chi connectivity index (χ2n) is 6.41. The van der Waals surface area contributed by atoms with Crippen LogP contribution in [0.2, 0.25) is 25.4 Å². The summed E-state index contributed by atoms with van der Waals surface area (Å²) >= 11 is 30.3. The van der Waals surface area contributed by atoms with E-state index in [9.17, 15) is 0 Å². The van der Waals surface area contributed by atoms with E-state index in [1.54, 1.807) is 72.8 Å². The third-order valence-corrected chi connectivity index (χ3v) is 5.51. The van der Waals surface area contributed by atoms with Gasteiger partial charge in [0.1, 0.15) is 22.4 Å². The van der Waals surface area contributed by atoms with Gasteiger partial charge >= 0.3 is 5.97 Å². The number of halogens is 5. The highest BCUT2D eigenvalue weighted by molar-refractivity contribution is 6.40. The third kappa shape index (κ3) is 5.37. The number of nitrogens with one attached hydrogen (secondary N) is 1. The Morgan fingerprint density at radius 2 is 0.906 bits per heavy atom. The first-order valence-corrected chi connectivity index (χ1v) is 11.0. The molecule has 0 spiro atoms. The van der Waals surface area contributed by atoms with Gasteiger partial charge in [-0.3, -0.25) is 0 Å². The van der Waals surface area contributed by atoms with Crippen LogP contribution in [0, 0.1) is 0 Å². The molecule has 3 aromatic carbocycles. The van der Waals surface area contributed by atoms with Crippen molar-refractivity contribution in [1.29, 1.82) is 0 Å². The molecule has 0 saturated carbocycles. The van der Waals surface area contributed by atoms with E-state index in [-0.39, 0.29) is 16.1 Å². The van der Waals surface area contributed by atoms with Crippen molar-refractivity contribution in [3.63, 3.8) is 0 Å². The molecule has 0 aliphatic carbocycles. The Kier molecular flexibility index (Phi) is 6.93. The predicted molar refractivity (Wildman–Crippen MR) is 127 cm³/mol. The molecule has 32 heavy (non-hydrogen) atoms. The quantitative estimate of drug-likeness (QED) is 0.246. The largest absolute Gasteiger partial charge is 0.482 e. The molecular formula is C22H13Cl5N2O3. The lowest BCUT2D eigenvalue weighted by Gasteiger charge is -2.32. The number of aromatic amines is 1. The average molecular weight is 531 g/mol. The number of hydrogen-bond donors (Lipinski definition) is 1. The number of nitrogens with zero attached hydrogens (tertiary/aromatic N) is 1. The van der Waals surface area contributed by atoms with Crippen LogP contribution in [-0.2, 0) is 5.97 Å². The van der Waals surface area contributed by atoms with E-state index in [0.29, 0.717) is 32.3 Å². The summed E-state index contributed by atoms with van der Waals surface area (Å²) in [4.78, 5) is 7.10. The summed E-state index contributed by atoms with van der Waals surface area (Å²) in [6, 6.07) is 19.9. The van der Waals surface area contributed by atoms with Crippen molar-refractivity contribution in [3.8, 4) is 17.2 Å². The lowest BCUT2D eigenvalue weighted by Crippen LogP contribution is -2.46. The van der Waals surface area contributed by atoms with Gasteiger partial charge in [0.2, 0.25) is 5.82 Å². The highest BCUT2D eigenvalue weighted by Gasteiger charge is 2.46. The van der Waals surface area contributed by atoms with Crippen molar-refractivity contribution >= 4 is 58.0 Å². The third-order valence-electron chi connectivity index (χ3n) is 4.11. The number of H-pyrrole nitrogens is 1. The second kappa shape index (κ2) is 9.69. The van der Waals surface area contributed by atoms with Crippen molar-refractivity contribution in [2.45, 2.75) is 5.97 Å². The van der Waals surface area contributed by atoms with E-state index in [1.165, 1.54) is 0 Å². The second-order valence-corrected chi connectivity index (χ2v) is 8.46. The molecule has 1 N–H and O–H groups in total. The van der Waals surface area contributed by atoms with Gasteiger partial charge < -0.3 is 19.2 Å². The van der Waals surface area contributed by atoms with Crippen molar-refractivity contribution in [3.05, 3.63) is 104 Å². The smallest absolute Gasteiger partial charge is 0.414 e. The monoisotopic (exact) mass is 528 g/mol. The van der Waals surface area contributed by atoms with E-state index in [0.717, 1.165) is 0 Å². The van der Waals surface area contributed by atoms with Gasteiger partial charge in [0.15, 0.2) is 5.15 Å². The molecule has 5 nitrogen and oxygen atoms in total. The molecular weight excluding hydrogens is 518 g/mol. The zero-order valence-electron chi connectivity index (χ0n) is 16.0. The van der Waals surface area contributed by atoms with Gasteiger partial charge in [-0.25, -0.2) is 4.98 Å². The molecule has 10 heteroatoms. The summed E-state index contributed by atoms with van der Waals surface area (Å²) in [6.07, 6.45) is 0. The predicted octanol–water partition coefficient (Wildman–Crippen LogP) is 8.02. The van der Waals surface area contributed by atoms with Crippen molar-refractivity contribution in [1.82, 2.24) is 9.97 Å². The van der Waals surface area contributed by atoms with E-state index in [1.807, 2.05) is 0 Å². The average Bonchev–Trinajstić information content (AvgIpc) is 3.12. The van der Waals surface area contributed by atoms with Gasteiger partial charge in [-0.05, 0) is 72.8 Å². The van der Waals surface area contributed by atoms with E-state index in [4.69, 9.17) is 72.2 Å². The Morgan fingerprint density at radius 1 is 0.562 bits per heavy atom. The minimum Gasteiger partial charge on any atom is -0.414 e. The fourth-order valence-corrected chi connectivity index (χ4v) is 3.30. The molecule has 0 atom stereocenters. The van der Waals surface area contributed by atoms with Crippen LogP contribution in [0.25, 0.3) is 0 Å². The van der Waals surface area contributed by atoms with Crippen LogP contribution in [-0.4, -0.2) is 9.97 Å². The Hall–Kier alpha value is -2.28. The molecule has 1 aromatic heterocycles. The van der Waals surface area contributed by atoms with Gasteiger partial charge in [0, 0.05) is 15.1 Å². The highest BCUT2D eigenvalue weighted by Crippen LogP contribution is 2.36. The Bertz CT molecular complexity index is 1060. The molecule has 0 amide bonds. The first-order valence-electron chi connectivity index (χ1n) is 9.08. The number of aromatic nitrogens is 2. The highest BCUT2D eigenvalue weighted by atomic mass is 35.5. The molecule has 4 rings (SSSR count). The van der Waals surface area contributed by atoms with Gasteiger partial charge in [0.05, 0.1) is 0 Å². The molecule has 0 saturated heterocycles. The first-order chi connectivity index (χ1) is 15.3. The molecule has 164 valence electrons. The van der Waals surface area contributed by atoms with Gasteiger partial charge in [-0.2, -0.15) is 0 Å². The molecule has 0 fully saturated rings. The normalized spacial score (nSPS) is 11.3. The first kappa shape index (κ1) is 22.9. The lowest BCUT2D eigenvalue weighted by atomic mass is 10.3. The van der Waals surface area contributed by atoms with Crippen LogP contribution in [0.1, 0.15) is 5.82 Å². The molecule has 0 radical (unpaired) electrons. The summed E-state index contributed by atoms with van der Waals surface area (Å²) < 4.78 is 18.6. The number of hydrogen-bond acceptors (Lipinski definition) is 4. The standard InChI is InChI=1S/C22H13Cl5N2O3/c23-13-1-7-16(8-2-13)30-22(21-28-19(26)20(27)29-21,31-17-9-3-14(24)4-10-17)32-18-11-5-15(25)6-12-18/h1-12H,(H,28,29). The molecule has 1 heterocycles. The fraction of sp³-hybridized carbons (Fsp3) is 0.0455. The molecule has 0 unspecified atom stereocenters. The minimum atomic E-state index is -1.97. The van der Waals surface area contributed by atoms with Crippen LogP contribution >= 0.6 is 58.0 Å². The summed E-state index contributed by atoms with van der Waals surface area (Å²) in [5.74, 6) is -0.776.